The molecule has 0 aromatic heterocycles. The lowest BCUT2D eigenvalue weighted by Crippen LogP contribution is -2.45. The van der Waals surface area contributed by atoms with Gasteiger partial charge in [0.1, 0.15) is 0 Å². The van der Waals surface area contributed by atoms with Crippen LogP contribution in [0.4, 0.5) is 0 Å². The molecule has 1 fully saturated rings. The van der Waals surface area contributed by atoms with Crippen molar-refractivity contribution in [2.45, 2.75) is 13.0 Å². The van der Waals surface area contributed by atoms with Crippen LogP contribution in [0.1, 0.15) is 22.7 Å². The molecule has 0 unspecified atom stereocenters. The molecular weight excluding hydrogens is 244 g/mol. The summed E-state index contributed by atoms with van der Waals surface area (Å²) in [5, 5.41) is 3.44. The SMILES string of the molecule is Cc1ccc([C@H](c2ccccc2)N2CCNCC2)cc1. The molecule has 1 aliphatic heterocycles. The number of hydrogen-bond acceptors (Lipinski definition) is 2. The standard InChI is InChI=1S/C18H22N2/c1-15-7-9-17(10-8-15)18(16-5-3-2-4-6-16)20-13-11-19-12-14-20/h2-10,18-19H,11-14H2,1H3/t18-/m0/s1. The van der Waals surface area contributed by atoms with E-state index in [4.69, 9.17) is 0 Å². The van der Waals surface area contributed by atoms with E-state index >= 15 is 0 Å². The van der Waals surface area contributed by atoms with E-state index in [1.807, 2.05) is 0 Å². The van der Waals surface area contributed by atoms with Crippen LogP contribution in [-0.2, 0) is 0 Å². The summed E-state index contributed by atoms with van der Waals surface area (Å²) in [4.78, 5) is 2.58. The first-order valence-corrected chi connectivity index (χ1v) is 7.41. The van der Waals surface area contributed by atoms with Crippen molar-refractivity contribution in [3.8, 4) is 0 Å². The number of rotatable bonds is 3. The number of nitrogens with one attached hydrogen (secondary N) is 1. The normalized spacial score (nSPS) is 17.9. The maximum atomic E-state index is 3.44. The first-order chi connectivity index (χ1) is 9.84. The Hall–Kier alpha value is -1.64. The fourth-order valence-electron chi connectivity index (χ4n) is 2.94. The summed E-state index contributed by atoms with van der Waals surface area (Å²) < 4.78 is 0. The molecular formula is C18H22N2. The van der Waals surface area contributed by atoms with E-state index in [-0.39, 0.29) is 0 Å². The minimum Gasteiger partial charge on any atom is -0.314 e. The number of benzene rings is 2. The lowest BCUT2D eigenvalue weighted by Gasteiger charge is -2.35. The first-order valence-electron chi connectivity index (χ1n) is 7.41. The van der Waals surface area contributed by atoms with Crippen LogP contribution in [0, 0.1) is 6.92 Å². The van der Waals surface area contributed by atoms with Gasteiger partial charge in [0.2, 0.25) is 0 Å². The van der Waals surface area contributed by atoms with Crippen LogP contribution in [0.5, 0.6) is 0 Å². The van der Waals surface area contributed by atoms with Crippen molar-refractivity contribution >= 4 is 0 Å². The fourth-order valence-corrected chi connectivity index (χ4v) is 2.94. The Labute approximate surface area is 121 Å². The average Bonchev–Trinajstić information content (AvgIpc) is 2.52. The van der Waals surface area contributed by atoms with Gasteiger partial charge < -0.3 is 5.32 Å². The van der Waals surface area contributed by atoms with E-state index in [0.29, 0.717) is 6.04 Å². The topological polar surface area (TPSA) is 15.3 Å². The van der Waals surface area contributed by atoms with Crippen LogP contribution in [-0.4, -0.2) is 31.1 Å². The third kappa shape index (κ3) is 2.92. The highest BCUT2D eigenvalue weighted by Crippen LogP contribution is 2.28. The molecule has 0 radical (unpaired) electrons. The predicted molar refractivity (Wildman–Crippen MR) is 83.9 cm³/mol. The summed E-state index contributed by atoms with van der Waals surface area (Å²) in [6.07, 6.45) is 0. The summed E-state index contributed by atoms with van der Waals surface area (Å²) in [6.45, 7) is 6.51. The van der Waals surface area contributed by atoms with Crippen molar-refractivity contribution in [3.05, 3.63) is 71.3 Å². The van der Waals surface area contributed by atoms with Gasteiger partial charge in [0.15, 0.2) is 0 Å². The van der Waals surface area contributed by atoms with Crippen LogP contribution in [0.25, 0.3) is 0 Å². The number of nitrogens with zero attached hydrogens (tertiary/aromatic N) is 1. The van der Waals surface area contributed by atoms with Crippen molar-refractivity contribution < 1.29 is 0 Å². The summed E-state index contributed by atoms with van der Waals surface area (Å²) in [5.41, 5.74) is 4.10. The molecule has 2 nitrogen and oxygen atoms in total. The smallest absolute Gasteiger partial charge is 0.0602 e. The Morgan fingerprint density at radius 1 is 0.850 bits per heavy atom. The molecule has 104 valence electrons. The van der Waals surface area contributed by atoms with Gasteiger partial charge in [-0.05, 0) is 18.1 Å². The lowest BCUT2D eigenvalue weighted by atomic mass is 9.96. The van der Waals surface area contributed by atoms with Gasteiger partial charge in [0, 0.05) is 26.2 Å². The second kappa shape index (κ2) is 6.21. The van der Waals surface area contributed by atoms with Gasteiger partial charge in [-0.15, -0.1) is 0 Å². The Bertz CT molecular complexity index is 527. The second-order valence-corrected chi connectivity index (χ2v) is 5.51. The van der Waals surface area contributed by atoms with Gasteiger partial charge >= 0.3 is 0 Å². The lowest BCUT2D eigenvalue weighted by molar-refractivity contribution is 0.198. The molecule has 0 amide bonds. The predicted octanol–water partition coefficient (Wildman–Crippen LogP) is 2.99. The molecule has 1 atom stereocenters. The minimum atomic E-state index is 0.374. The molecule has 20 heavy (non-hydrogen) atoms. The van der Waals surface area contributed by atoms with E-state index in [2.05, 4.69) is 71.7 Å². The van der Waals surface area contributed by atoms with Gasteiger partial charge in [0.05, 0.1) is 6.04 Å². The molecule has 0 aliphatic carbocycles. The van der Waals surface area contributed by atoms with E-state index in [0.717, 1.165) is 26.2 Å². The van der Waals surface area contributed by atoms with Crippen molar-refractivity contribution in [2.75, 3.05) is 26.2 Å². The van der Waals surface area contributed by atoms with Gasteiger partial charge in [-0.25, -0.2) is 0 Å². The summed E-state index contributed by atoms with van der Waals surface area (Å²) in [7, 11) is 0. The van der Waals surface area contributed by atoms with Crippen LogP contribution in [0.3, 0.4) is 0 Å². The fraction of sp³-hybridized carbons (Fsp3) is 0.333. The Morgan fingerprint density at radius 3 is 2.10 bits per heavy atom. The number of aryl methyl sites for hydroxylation is 1. The van der Waals surface area contributed by atoms with Crippen LogP contribution < -0.4 is 5.32 Å². The average molecular weight is 266 g/mol. The molecule has 1 heterocycles. The first kappa shape index (κ1) is 13.3. The molecule has 3 rings (SSSR count). The zero-order chi connectivity index (χ0) is 13.8. The second-order valence-electron chi connectivity index (χ2n) is 5.51. The third-order valence-corrected chi connectivity index (χ3v) is 4.03. The van der Waals surface area contributed by atoms with Gasteiger partial charge in [-0.1, -0.05) is 60.2 Å². The molecule has 2 heteroatoms. The zero-order valence-electron chi connectivity index (χ0n) is 12.0. The number of hydrogen-bond donors (Lipinski definition) is 1. The number of piperazine rings is 1. The highest BCUT2D eigenvalue weighted by Gasteiger charge is 2.23. The quantitative estimate of drug-likeness (QED) is 0.919. The highest BCUT2D eigenvalue weighted by molar-refractivity contribution is 5.33. The van der Waals surface area contributed by atoms with E-state index in [9.17, 15) is 0 Å². The van der Waals surface area contributed by atoms with Gasteiger partial charge in [-0.2, -0.15) is 0 Å². The van der Waals surface area contributed by atoms with Gasteiger partial charge in [0.25, 0.3) is 0 Å². The molecule has 2 aromatic rings. The van der Waals surface area contributed by atoms with Crippen LogP contribution in [0.2, 0.25) is 0 Å². The molecule has 1 aliphatic rings. The Morgan fingerprint density at radius 2 is 1.45 bits per heavy atom. The molecule has 0 bridgehead atoms. The molecule has 0 spiro atoms. The van der Waals surface area contributed by atoms with Crippen molar-refractivity contribution in [1.82, 2.24) is 10.2 Å². The third-order valence-electron chi connectivity index (χ3n) is 4.03. The van der Waals surface area contributed by atoms with E-state index in [1.165, 1.54) is 16.7 Å². The van der Waals surface area contributed by atoms with E-state index in [1.54, 1.807) is 0 Å². The van der Waals surface area contributed by atoms with Crippen LogP contribution in [0.15, 0.2) is 54.6 Å². The minimum absolute atomic E-state index is 0.374. The molecule has 2 aromatic carbocycles. The Balaban J connectivity index is 1.96. The highest BCUT2D eigenvalue weighted by atomic mass is 15.2. The maximum Gasteiger partial charge on any atom is 0.0602 e. The monoisotopic (exact) mass is 266 g/mol. The largest absolute Gasteiger partial charge is 0.314 e. The van der Waals surface area contributed by atoms with Crippen molar-refractivity contribution in [1.29, 1.82) is 0 Å². The maximum absolute atomic E-state index is 3.44. The summed E-state index contributed by atoms with van der Waals surface area (Å²) in [6, 6.07) is 20.2. The van der Waals surface area contributed by atoms with Gasteiger partial charge in [-0.3, -0.25) is 4.90 Å². The zero-order valence-corrected chi connectivity index (χ0v) is 12.0. The van der Waals surface area contributed by atoms with Crippen molar-refractivity contribution in [2.24, 2.45) is 0 Å². The van der Waals surface area contributed by atoms with E-state index < -0.39 is 0 Å². The van der Waals surface area contributed by atoms with Crippen molar-refractivity contribution in [3.63, 3.8) is 0 Å². The van der Waals surface area contributed by atoms with Crippen LogP contribution >= 0.6 is 0 Å². The summed E-state index contributed by atoms with van der Waals surface area (Å²) in [5.74, 6) is 0. The molecule has 1 N–H and O–H groups in total. The summed E-state index contributed by atoms with van der Waals surface area (Å²) >= 11 is 0. The molecule has 1 saturated heterocycles. The Kier molecular flexibility index (Phi) is 4.14. The molecule has 0 saturated carbocycles.